The van der Waals surface area contributed by atoms with E-state index < -0.39 is 0 Å². The van der Waals surface area contributed by atoms with Gasteiger partial charge in [0.25, 0.3) is 11.8 Å². The number of hydrogen-bond donors (Lipinski definition) is 0. The second-order valence-electron chi connectivity index (χ2n) is 3.98. The molecule has 1 aliphatic heterocycles. The maximum absolute atomic E-state index is 11.9. The highest BCUT2D eigenvalue weighted by Crippen LogP contribution is 2.33. The lowest BCUT2D eigenvalue weighted by Crippen LogP contribution is -2.30. The van der Waals surface area contributed by atoms with Crippen LogP contribution >= 0.6 is 31.9 Å². The van der Waals surface area contributed by atoms with Crippen LogP contribution in [0.5, 0.6) is 0 Å². The van der Waals surface area contributed by atoms with E-state index in [1.807, 2.05) is 31.1 Å². The molecule has 0 unspecified atom stereocenters. The minimum Gasteiger partial charge on any atom is -0.378 e. The van der Waals surface area contributed by atoms with Gasteiger partial charge in [0.2, 0.25) is 0 Å². The molecule has 2 amide bonds. The molecule has 1 aliphatic rings. The van der Waals surface area contributed by atoms with Gasteiger partial charge in [-0.05, 0) is 56.1 Å². The van der Waals surface area contributed by atoms with E-state index in [1.165, 1.54) is 0 Å². The number of imide groups is 1. The molecule has 1 heterocycles. The Balaban J connectivity index is 2.34. The monoisotopic (exact) mass is 372 g/mol. The van der Waals surface area contributed by atoms with Gasteiger partial charge in [-0.15, -0.1) is 0 Å². The SMILES string of the molecule is CN(C)c1ccc(N2C(=O)C(Br)=C(Br)C2=O)cc1. The van der Waals surface area contributed by atoms with Crippen LogP contribution in [0.3, 0.4) is 0 Å². The van der Waals surface area contributed by atoms with Gasteiger partial charge in [-0.1, -0.05) is 0 Å². The third-order valence-electron chi connectivity index (χ3n) is 2.60. The van der Waals surface area contributed by atoms with E-state index in [4.69, 9.17) is 0 Å². The number of anilines is 2. The Bertz CT molecular complexity index is 526. The zero-order chi connectivity index (χ0) is 13.4. The van der Waals surface area contributed by atoms with E-state index in [-0.39, 0.29) is 20.8 Å². The molecule has 0 spiro atoms. The van der Waals surface area contributed by atoms with Crippen molar-refractivity contribution in [2.45, 2.75) is 0 Å². The van der Waals surface area contributed by atoms with Crippen molar-refractivity contribution in [1.82, 2.24) is 0 Å². The predicted octanol–water partition coefficient (Wildman–Crippen LogP) is 2.63. The molecule has 0 radical (unpaired) electrons. The van der Waals surface area contributed by atoms with Gasteiger partial charge in [0.15, 0.2) is 0 Å². The normalized spacial score (nSPS) is 15.7. The summed E-state index contributed by atoms with van der Waals surface area (Å²) in [5.74, 6) is -0.714. The molecule has 0 bridgehead atoms. The predicted molar refractivity (Wildman–Crippen MR) is 78.1 cm³/mol. The Kier molecular flexibility index (Phi) is 3.59. The van der Waals surface area contributed by atoms with Crippen molar-refractivity contribution in [2.75, 3.05) is 23.9 Å². The first-order chi connectivity index (χ1) is 8.43. The Hall–Kier alpha value is -1.14. The minimum atomic E-state index is -0.357. The molecular weight excluding hydrogens is 364 g/mol. The molecular formula is C12H10Br2N2O2. The van der Waals surface area contributed by atoms with Crippen molar-refractivity contribution in [3.05, 3.63) is 33.2 Å². The van der Waals surface area contributed by atoms with E-state index >= 15 is 0 Å². The van der Waals surface area contributed by atoms with Crippen molar-refractivity contribution < 1.29 is 9.59 Å². The average molecular weight is 374 g/mol. The summed E-state index contributed by atoms with van der Waals surface area (Å²) in [4.78, 5) is 26.9. The van der Waals surface area contributed by atoms with E-state index in [0.29, 0.717) is 5.69 Å². The van der Waals surface area contributed by atoms with Crippen molar-refractivity contribution in [3.63, 3.8) is 0 Å². The topological polar surface area (TPSA) is 40.6 Å². The molecule has 0 fully saturated rings. The molecule has 0 saturated heterocycles. The molecule has 1 aromatic rings. The van der Waals surface area contributed by atoms with Crippen LogP contribution < -0.4 is 9.80 Å². The van der Waals surface area contributed by atoms with Gasteiger partial charge in [0.1, 0.15) is 8.96 Å². The van der Waals surface area contributed by atoms with E-state index in [9.17, 15) is 9.59 Å². The fourth-order valence-corrected chi connectivity index (χ4v) is 2.30. The lowest BCUT2D eigenvalue weighted by Gasteiger charge is -2.17. The number of nitrogens with zero attached hydrogens (tertiary/aromatic N) is 2. The summed E-state index contributed by atoms with van der Waals surface area (Å²) in [7, 11) is 3.85. The van der Waals surface area contributed by atoms with Gasteiger partial charge in [-0.3, -0.25) is 9.59 Å². The summed E-state index contributed by atoms with van der Waals surface area (Å²) >= 11 is 6.19. The fraction of sp³-hybridized carbons (Fsp3) is 0.167. The smallest absolute Gasteiger partial charge is 0.273 e. The first kappa shape index (κ1) is 13.3. The van der Waals surface area contributed by atoms with Crippen molar-refractivity contribution in [2.24, 2.45) is 0 Å². The second-order valence-corrected chi connectivity index (χ2v) is 5.57. The van der Waals surface area contributed by atoms with Gasteiger partial charge in [0.05, 0.1) is 5.69 Å². The number of hydrogen-bond acceptors (Lipinski definition) is 3. The molecule has 4 nitrogen and oxygen atoms in total. The first-order valence-electron chi connectivity index (χ1n) is 5.15. The van der Waals surface area contributed by atoms with E-state index in [0.717, 1.165) is 10.6 Å². The quantitative estimate of drug-likeness (QED) is 0.748. The molecule has 6 heteroatoms. The number of amides is 2. The highest BCUT2D eigenvalue weighted by Gasteiger charge is 2.36. The van der Waals surface area contributed by atoms with E-state index in [2.05, 4.69) is 31.9 Å². The fourth-order valence-electron chi connectivity index (χ4n) is 1.61. The van der Waals surface area contributed by atoms with Gasteiger partial charge >= 0.3 is 0 Å². The molecule has 0 atom stereocenters. The summed E-state index contributed by atoms with van der Waals surface area (Å²) in [6.45, 7) is 0. The van der Waals surface area contributed by atoms with Crippen LogP contribution in [0.1, 0.15) is 0 Å². The Labute approximate surface area is 122 Å². The number of carbonyl (C=O) groups is 2. The van der Waals surface area contributed by atoms with Crippen LogP contribution in [0.4, 0.5) is 11.4 Å². The largest absolute Gasteiger partial charge is 0.378 e. The molecule has 0 saturated carbocycles. The molecule has 2 rings (SSSR count). The maximum atomic E-state index is 11.9. The zero-order valence-corrected chi connectivity index (χ0v) is 12.9. The number of halogens is 2. The van der Waals surface area contributed by atoms with Crippen LogP contribution in [0, 0.1) is 0 Å². The van der Waals surface area contributed by atoms with Crippen LogP contribution in [-0.4, -0.2) is 25.9 Å². The average Bonchev–Trinajstić information content (AvgIpc) is 2.54. The molecule has 18 heavy (non-hydrogen) atoms. The Morgan fingerprint density at radius 3 is 1.78 bits per heavy atom. The highest BCUT2D eigenvalue weighted by molar-refractivity contribution is 9.14. The van der Waals surface area contributed by atoms with Crippen LogP contribution in [0.15, 0.2) is 33.2 Å². The molecule has 0 aromatic heterocycles. The molecule has 0 N–H and O–H groups in total. The molecule has 1 aromatic carbocycles. The number of benzene rings is 1. The number of carbonyl (C=O) groups excluding carboxylic acids is 2. The Morgan fingerprint density at radius 2 is 1.39 bits per heavy atom. The molecule has 0 aliphatic carbocycles. The van der Waals surface area contributed by atoms with Crippen LogP contribution in [0.25, 0.3) is 0 Å². The Morgan fingerprint density at radius 1 is 0.944 bits per heavy atom. The van der Waals surface area contributed by atoms with Gasteiger partial charge in [-0.2, -0.15) is 0 Å². The summed E-state index contributed by atoms with van der Waals surface area (Å²) in [5, 5.41) is 0. The summed E-state index contributed by atoms with van der Waals surface area (Å²) < 4.78 is 0.508. The lowest BCUT2D eigenvalue weighted by atomic mass is 10.2. The summed E-state index contributed by atoms with van der Waals surface area (Å²) in [6.07, 6.45) is 0. The third kappa shape index (κ3) is 2.10. The number of rotatable bonds is 2. The van der Waals surface area contributed by atoms with Gasteiger partial charge < -0.3 is 4.90 Å². The van der Waals surface area contributed by atoms with Crippen LogP contribution in [-0.2, 0) is 9.59 Å². The first-order valence-corrected chi connectivity index (χ1v) is 6.73. The van der Waals surface area contributed by atoms with Crippen molar-refractivity contribution in [3.8, 4) is 0 Å². The summed E-state index contributed by atoms with van der Waals surface area (Å²) in [5.41, 5.74) is 1.56. The van der Waals surface area contributed by atoms with Crippen LogP contribution in [0.2, 0.25) is 0 Å². The standard InChI is InChI=1S/C12H10Br2N2O2/c1-15(2)7-3-5-8(6-4-7)16-11(17)9(13)10(14)12(16)18/h3-6H,1-2H3. The maximum Gasteiger partial charge on any atom is 0.273 e. The van der Waals surface area contributed by atoms with Gasteiger partial charge in [0, 0.05) is 19.8 Å². The summed E-state index contributed by atoms with van der Waals surface area (Å²) in [6, 6.07) is 7.21. The lowest BCUT2D eigenvalue weighted by molar-refractivity contribution is -0.120. The minimum absolute atomic E-state index is 0.254. The highest BCUT2D eigenvalue weighted by atomic mass is 79.9. The van der Waals surface area contributed by atoms with Gasteiger partial charge in [-0.25, -0.2) is 4.90 Å². The van der Waals surface area contributed by atoms with E-state index in [1.54, 1.807) is 12.1 Å². The zero-order valence-electron chi connectivity index (χ0n) is 9.78. The van der Waals surface area contributed by atoms with Crippen molar-refractivity contribution >= 4 is 55.0 Å². The van der Waals surface area contributed by atoms with Crippen molar-refractivity contribution in [1.29, 1.82) is 0 Å². The molecule has 94 valence electrons. The third-order valence-corrected chi connectivity index (χ3v) is 4.60. The second kappa shape index (κ2) is 4.85.